The minimum Gasteiger partial charge on any atom is -0.336 e. The minimum atomic E-state index is -5.05. The normalized spacial score (nSPS) is 13.6. The van der Waals surface area contributed by atoms with E-state index in [4.69, 9.17) is 126 Å². The number of alkyl halides is 3. The number of nitrogens with zero attached hydrogens (tertiary/aromatic N) is 4. The molecule has 0 atom stereocenters. The van der Waals surface area contributed by atoms with Crippen LogP contribution in [0.1, 0.15) is 48.2 Å². The summed E-state index contributed by atoms with van der Waals surface area (Å²) < 4.78 is 54.9. The highest BCUT2D eigenvalue weighted by atomic mass is 32.2. The van der Waals surface area contributed by atoms with Gasteiger partial charge in [0.15, 0.2) is 5.16 Å². The van der Waals surface area contributed by atoms with E-state index >= 15 is 4.79 Å². The highest BCUT2D eigenvalue weighted by molar-refractivity contribution is 8.02. The Balaban J connectivity index is 1.70. The van der Waals surface area contributed by atoms with Gasteiger partial charge in [-0.1, -0.05) is 92.1 Å². The largest absolute Gasteiger partial charge is 0.415 e. The number of thioether (sulfide) groups is 1. The van der Waals surface area contributed by atoms with Gasteiger partial charge in [-0.15, -0.1) is 0 Å². The maximum absolute atomic E-state index is 15.1. The van der Waals surface area contributed by atoms with Gasteiger partial charge in [-0.25, -0.2) is 4.39 Å². The van der Waals surface area contributed by atoms with Crippen LogP contribution in [-0.4, -0.2) is 175 Å². The first-order chi connectivity index (χ1) is 28.7. The van der Waals surface area contributed by atoms with Crippen LogP contribution in [0.3, 0.4) is 0 Å². The Hall–Kier alpha value is -2.92. The lowest BCUT2D eigenvalue weighted by molar-refractivity contribution is -0.136. The first-order valence-electron chi connectivity index (χ1n) is 18.8. The van der Waals surface area contributed by atoms with Gasteiger partial charge in [-0.3, -0.25) is 9.59 Å². The predicted octanol–water partition coefficient (Wildman–Crippen LogP) is -6.55. The van der Waals surface area contributed by atoms with E-state index in [1.54, 1.807) is 0 Å². The number of hydrogen-bond donors (Lipinski definition) is 0. The Morgan fingerprint density at radius 3 is 1.67 bits per heavy atom. The predicted molar refractivity (Wildman–Crippen MR) is 257 cm³/mol. The number of amides is 1. The third kappa shape index (κ3) is 9.95. The standard InChI is InChI=1S/C36H22B16F4N4O2S/c1-32(45,46)59(33(2,47)48)11-10-58(12-16-21(37)23(39)18(24(40)22(16)38)19-25(41)27(43)20(36(54,55)56)28(44)26(19)42)30(62)34(49,50)60-17-5-3-4-15(17)29(61)57-31(60)63-35(51,52)13-6-8-14(53)9-7-13/h6-9H,3-5,10-12H2,1-2H3. The summed E-state index contributed by atoms with van der Waals surface area (Å²) in [5.74, 6) is -1.65. The first kappa shape index (κ1) is 51.1. The molecule has 5 rings (SSSR count). The first-order valence-corrected chi connectivity index (χ1v) is 19.6. The van der Waals surface area contributed by atoms with Crippen LogP contribution in [-0.2, 0) is 40.2 Å². The molecule has 0 saturated carbocycles. The summed E-state index contributed by atoms with van der Waals surface area (Å²) in [6, 6.07) is 4.89. The van der Waals surface area contributed by atoms with E-state index in [-0.39, 0.29) is 75.5 Å². The topological polar surface area (TPSA) is 58.4 Å². The molecule has 1 aromatic heterocycles. The van der Waals surface area contributed by atoms with Crippen LogP contribution in [0, 0.1) is 5.82 Å². The fourth-order valence-electron chi connectivity index (χ4n) is 7.64. The molecule has 1 amide bonds. The molecule has 6 nitrogen and oxygen atoms in total. The highest BCUT2D eigenvalue weighted by Crippen LogP contribution is 2.38. The van der Waals surface area contributed by atoms with Crippen LogP contribution in [0.2, 0.25) is 0 Å². The molecule has 0 fully saturated rings. The number of carbonyl (C=O) groups excluding carboxylic acids is 1. The fraction of sp³-hybridized carbons (Fsp3) is 0.361. The Labute approximate surface area is 390 Å². The van der Waals surface area contributed by atoms with Crippen molar-refractivity contribution >= 4 is 187 Å². The number of carbonyl (C=O) groups is 1. The molecule has 1 aliphatic carbocycles. The molecular formula is C36H22B16F4N4O2S. The summed E-state index contributed by atoms with van der Waals surface area (Å²) in [5, 5.41) is -6.28. The molecule has 3 aromatic carbocycles. The van der Waals surface area contributed by atoms with E-state index in [1.807, 2.05) is 0 Å². The van der Waals surface area contributed by atoms with Crippen LogP contribution in [0.15, 0.2) is 34.2 Å². The number of halogens is 4. The van der Waals surface area contributed by atoms with E-state index < -0.39 is 88.9 Å². The van der Waals surface area contributed by atoms with Gasteiger partial charge in [0.25, 0.3) is 5.56 Å². The second-order valence-corrected chi connectivity index (χ2v) is 17.0. The van der Waals surface area contributed by atoms with Gasteiger partial charge in [0, 0.05) is 41.8 Å². The molecule has 0 bridgehead atoms. The minimum absolute atomic E-state index is 0.113. The van der Waals surface area contributed by atoms with Crippen LogP contribution < -0.4 is 49.3 Å². The summed E-state index contributed by atoms with van der Waals surface area (Å²) in [5.41, 5.74) is -7.02. The third-order valence-corrected chi connectivity index (χ3v) is 11.8. The molecule has 27 heteroatoms. The Morgan fingerprint density at radius 2 is 1.21 bits per heavy atom. The summed E-state index contributed by atoms with van der Waals surface area (Å²) in [6.07, 6.45) is -4.11. The van der Waals surface area contributed by atoms with Crippen molar-refractivity contribution in [3.8, 4) is 11.1 Å². The van der Waals surface area contributed by atoms with Gasteiger partial charge in [0.2, 0.25) is 5.91 Å². The van der Waals surface area contributed by atoms with Crippen molar-refractivity contribution in [2.45, 2.75) is 71.5 Å². The van der Waals surface area contributed by atoms with E-state index in [2.05, 4.69) is 4.98 Å². The van der Waals surface area contributed by atoms with Crippen molar-refractivity contribution in [1.82, 2.24) is 19.4 Å². The highest BCUT2D eigenvalue weighted by Gasteiger charge is 2.41. The van der Waals surface area contributed by atoms with Crippen LogP contribution >= 0.6 is 11.8 Å². The smallest absolute Gasteiger partial charge is 0.336 e. The zero-order valence-electron chi connectivity index (χ0n) is 34.3. The van der Waals surface area contributed by atoms with Crippen molar-refractivity contribution < 1.29 is 22.4 Å². The molecule has 0 aliphatic heterocycles. The molecule has 0 N–H and O–H groups in total. The Bertz CT molecular complexity index is 2460. The molecule has 32 radical (unpaired) electrons. The van der Waals surface area contributed by atoms with Gasteiger partial charge in [0.1, 0.15) is 84.3 Å². The zero-order chi connectivity index (χ0) is 47.7. The van der Waals surface area contributed by atoms with Crippen LogP contribution in [0.25, 0.3) is 11.1 Å². The Kier molecular flexibility index (Phi) is 14.6. The number of fused-ring (bicyclic) bond motifs is 1. The third-order valence-electron chi connectivity index (χ3n) is 10.7. The van der Waals surface area contributed by atoms with Crippen molar-refractivity contribution in [2.24, 2.45) is 0 Å². The fourth-order valence-corrected chi connectivity index (χ4v) is 8.67. The molecule has 0 unspecified atom stereocenters. The molecule has 1 aliphatic rings. The lowest BCUT2D eigenvalue weighted by Crippen LogP contribution is -2.62. The average Bonchev–Trinajstić information content (AvgIpc) is 3.64. The molecule has 4 aromatic rings. The summed E-state index contributed by atoms with van der Waals surface area (Å²) in [4.78, 5) is 35.0. The molecule has 0 spiro atoms. The zero-order valence-corrected chi connectivity index (χ0v) is 35.1. The molecule has 63 heavy (non-hydrogen) atoms. The lowest BCUT2D eigenvalue weighted by Gasteiger charge is -2.49. The average molecular weight is 824 g/mol. The summed E-state index contributed by atoms with van der Waals surface area (Å²) in [6.45, 7) is 1.54. The quantitative estimate of drug-likeness (QED) is 0.0582. The number of hydrogen-bond acceptors (Lipinski definition) is 5. The second-order valence-electron chi connectivity index (χ2n) is 15.8. The van der Waals surface area contributed by atoms with Crippen molar-refractivity contribution in [1.29, 1.82) is 0 Å². The SMILES string of the molecule is [B]c1c([B])c(-c2c([B])c([B])c(C(F)(F)F)c([B])c2[B])c([B])c([B])c1CN(CCN(C([B])([B])C)C([B])([B])C)C(=O)C([B])([B])n1c(SC([B])([B])c2ccc(F)cc2)nc(=O)c2c1CCC2. The van der Waals surface area contributed by atoms with Gasteiger partial charge < -0.3 is 14.4 Å². The van der Waals surface area contributed by atoms with Gasteiger partial charge in [-0.2, -0.15) is 18.2 Å². The molecule has 0 saturated heterocycles. The van der Waals surface area contributed by atoms with Crippen LogP contribution in [0.4, 0.5) is 17.6 Å². The van der Waals surface area contributed by atoms with E-state index in [0.717, 1.165) is 21.6 Å². The van der Waals surface area contributed by atoms with Crippen molar-refractivity contribution in [3.05, 3.63) is 68.4 Å². The monoisotopic (exact) mass is 826 g/mol. The van der Waals surface area contributed by atoms with Crippen molar-refractivity contribution in [2.75, 3.05) is 13.1 Å². The summed E-state index contributed by atoms with van der Waals surface area (Å²) in [7, 11) is 102. The summed E-state index contributed by atoms with van der Waals surface area (Å²) >= 11 is 0.617. The molecule has 1 heterocycles. The molecular weight excluding hydrogens is 801 g/mol. The maximum atomic E-state index is 15.1. The van der Waals surface area contributed by atoms with Gasteiger partial charge >= 0.3 is 6.18 Å². The van der Waals surface area contributed by atoms with Gasteiger partial charge in [-0.05, 0) is 58.2 Å². The van der Waals surface area contributed by atoms with E-state index in [0.29, 0.717) is 18.2 Å². The number of rotatable bonds is 13. The van der Waals surface area contributed by atoms with Crippen molar-refractivity contribution in [3.63, 3.8) is 0 Å². The van der Waals surface area contributed by atoms with E-state index in [1.165, 1.54) is 30.9 Å². The van der Waals surface area contributed by atoms with Gasteiger partial charge in [0.05, 0.1) is 47.1 Å². The Morgan fingerprint density at radius 1 is 0.730 bits per heavy atom. The molecule has 280 valence electrons. The lowest BCUT2D eigenvalue weighted by atomic mass is 9.54. The second kappa shape index (κ2) is 18.0. The maximum Gasteiger partial charge on any atom is 0.415 e. The number of aromatic nitrogens is 2. The van der Waals surface area contributed by atoms with Crippen LogP contribution in [0.5, 0.6) is 0 Å². The van der Waals surface area contributed by atoms with E-state index in [9.17, 15) is 22.4 Å². The number of benzene rings is 3.